The minimum Gasteiger partial charge on any atom is -0.457 e. The Bertz CT molecular complexity index is 476. The standard InChI is InChI=1S/C14H16O6/c15-7-9(16)12-13-10(6-11(17)19-13)18-14(20-12)8-4-2-1-3-5-8/h1-5,9-10,12-16H,6-7H2/t9-,10+,12-,13-,14?/m1/s1. The number of esters is 1. The molecule has 108 valence electrons. The van der Waals surface area contributed by atoms with E-state index in [1.54, 1.807) is 0 Å². The predicted molar refractivity (Wildman–Crippen MR) is 66.5 cm³/mol. The Morgan fingerprint density at radius 3 is 2.70 bits per heavy atom. The largest absolute Gasteiger partial charge is 0.457 e. The van der Waals surface area contributed by atoms with E-state index in [1.165, 1.54) is 0 Å². The van der Waals surface area contributed by atoms with Gasteiger partial charge in [-0.05, 0) is 0 Å². The van der Waals surface area contributed by atoms with E-state index in [1.807, 2.05) is 30.3 Å². The molecule has 0 spiro atoms. The van der Waals surface area contributed by atoms with Crippen molar-refractivity contribution in [3.63, 3.8) is 0 Å². The van der Waals surface area contributed by atoms with Crippen molar-refractivity contribution >= 4 is 5.97 Å². The third kappa shape index (κ3) is 2.43. The molecule has 1 aromatic carbocycles. The lowest BCUT2D eigenvalue weighted by Gasteiger charge is -2.39. The van der Waals surface area contributed by atoms with Crippen molar-refractivity contribution in [3.05, 3.63) is 35.9 Å². The molecule has 0 radical (unpaired) electrons. The second kappa shape index (κ2) is 5.49. The Hall–Kier alpha value is -1.47. The summed E-state index contributed by atoms with van der Waals surface area (Å²) in [5, 5.41) is 19.0. The van der Waals surface area contributed by atoms with Crippen molar-refractivity contribution < 1.29 is 29.2 Å². The molecule has 1 aromatic rings. The number of carbonyl (C=O) groups is 1. The predicted octanol–water partition coefficient (Wildman–Crippen LogP) is 0.138. The molecule has 0 amide bonds. The maximum atomic E-state index is 11.4. The number of aliphatic hydroxyl groups excluding tert-OH is 2. The van der Waals surface area contributed by atoms with Gasteiger partial charge in [-0.2, -0.15) is 0 Å². The van der Waals surface area contributed by atoms with Gasteiger partial charge >= 0.3 is 5.97 Å². The van der Waals surface area contributed by atoms with E-state index >= 15 is 0 Å². The van der Waals surface area contributed by atoms with Gasteiger partial charge in [0.25, 0.3) is 0 Å². The molecule has 20 heavy (non-hydrogen) atoms. The van der Waals surface area contributed by atoms with Crippen LogP contribution >= 0.6 is 0 Å². The lowest BCUT2D eigenvalue weighted by Crippen LogP contribution is -2.51. The number of rotatable bonds is 3. The van der Waals surface area contributed by atoms with E-state index in [9.17, 15) is 9.90 Å². The average molecular weight is 280 g/mol. The number of ether oxygens (including phenoxy) is 3. The highest BCUT2D eigenvalue weighted by atomic mass is 16.7. The number of aliphatic hydroxyl groups is 2. The first-order valence-corrected chi connectivity index (χ1v) is 6.53. The highest BCUT2D eigenvalue weighted by molar-refractivity contribution is 5.72. The molecule has 6 heteroatoms. The summed E-state index contributed by atoms with van der Waals surface area (Å²) in [6.07, 6.45) is -3.61. The first-order chi connectivity index (χ1) is 9.69. The van der Waals surface area contributed by atoms with Gasteiger partial charge < -0.3 is 24.4 Å². The van der Waals surface area contributed by atoms with Crippen LogP contribution in [0.4, 0.5) is 0 Å². The molecular formula is C14H16O6. The third-order valence-electron chi connectivity index (χ3n) is 3.54. The zero-order valence-electron chi connectivity index (χ0n) is 10.7. The van der Waals surface area contributed by atoms with Crippen LogP contribution in [0, 0.1) is 0 Å². The van der Waals surface area contributed by atoms with E-state index in [0.29, 0.717) is 0 Å². The molecular weight excluding hydrogens is 264 g/mol. The van der Waals surface area contributed by atoms with Crippen molar-refractivity contribution in [1.29, 1.82) is 0 Å². The van der Waals surface area contributed by atoms with Gasteiger partial charge in [-0.15, -0.1) is 0 Å². The summed E-state index contributed by atoms with van der Waals surface area (Å²) in [5.74, 6) is -0.382. The van der Waals surface area contributed by atoms with Gasteiger partial charge in [-0.3, -0.25) is 4.79 Å². The molecule has 2 heterocycles. The normalized spacial score (nSPS) is 34.4. The summed E-state index contributed by atoms with van der Waals surface area (Å²) in [6.45, 7) is -0.465. The maximum absolute atomic E-state index is 11.4. The van der Waals surface area contributed by atoms with Gasteiger partial charge in [0.05, 0.1) is 13.0 Å². The van der Waals surface area contributed by atoms with Crippen LogP contribution in [-0.4, -0.2) is 47.2 Å². The van der Waals surface area contributed by atoms with Crippen molar-refractivity contribution in [2.75, 3.05) is 6.61 Å². The fraction of sp³-hybridized carbons (Fsp3) is 0.500. The summed E-state index contributed by atoms with van der Waals surface area (Å²) in [6, 6.07) is 9.25. The molecule has 0 aromatic heterocycles. The second-order valence-corrected chi connectivity index (χ2v) is 4.93. The van der Waals surface area contributed by atoms with Gasteiger partial charge in [0.1, 0.15) is 18.3 Å². The molecule has 2 aliphatic rings. The summed E-state index contributed by atoms with van der Waals surface area (Å²) in [5.41, 5.74) is 0.792. The summed E-state index contributed by atoms with van der Waals surface area (Å²) in [7, 11) is 0. The molecule has 1 unspecified atom stereocenters. The van der Waals surface area contributed by atoms with Crippen LogP contribution in [0.15, 0.2) is 30.3 Å². The monoisotopic (exact) mass is 280 g/mol. The van der Waals surface area contributed by atoms with Crippen molar-refractivity contribution in [2.24, 2.45) is 0 Å². The molecule has 0 saturated carbocycles. The molecule has 2 fully saturated rings. The molecule has 2 aliphatic heterocycles. The van der Waals surface area contributed by atoms with E-state index in [2.05, 4.69) is 0 Å². The number of carbonyl (C=O) groups excluding carboxylic acids is 1. The van der Waals surface area contributed by atoms with Crippen LogP contribution in [0.1, 0.15) is 18.3 Å². The number of benzene rings is 1. The molecule has 2 N–H and O–H groups in total. The topological polar surface area (TPSA) is 85.2 Å². The van der Waals surface area contributed by atoms with Gasteiger partial charge in [-0.1, -0.05) is 30.3 Å². The minimum absolute atomic E-state index is 0.131. The number of fused-ring (bicyclic) bond motifs is 1. The maximum Gasteiger partial charge on any atom is 0.309 e. The van der Waals surface area contributed by atoms with E-state index < -0.39 is 37.3 Å². The lowest BCUT2D eigenvalue weighted by molar-refractivity contribution is -0.294. The lowest BCUT2D eigenvalue weighted by atomic mass is 10.0. The van der Waals surface area contributed by atoms with Crippen LogP contribution in [0.2, 0.25) is 0 Å². The van der Waals surface area contributed by atoms with Crippen molar-refractivity contribution in [3.8, 4) is 0 Å². The van der Waals surface area contributed by atoms with Gasteiger partial charge in [0, 0.05) is 5.56 Å². The van der Waals surface area contributed by atoms with Crippen LogP contribution in [0.25, 0.3) is 0 Å². The molecule has 3 rings (SSSR count). The fourth-order valence-electron chi connectivity index (χ4n) is 2.55. The average Bonchev–Trinajstić information content (AvgIpc) is 2.86. The first kappa shape index (κ1) is 13.5. The van der Waals surface area contributed by atoms with Gasteiger partial charge in [0.2, 0.25) is 0 Å². The molecule has 6 nitrogen and oxygen atoms in total. The number of hydrogen-bond donors (Lipinski definition) is 2. The highest BCUT2D eigenvalue weighted by Crippen LogP contribution is 2.37. The third-order valence-corrected chi connectivity index (χ3v) is 3.54. The van der Waals surface area contributed by atoms with Crippen LogP contribution in [0.5, 0.6) is 0 Å². The van der Waals surface area contributed by atoms with Crippen LogP contribution in [0.3, 0.4) is 0 Å². The summed E-state index contributed by atoms with van der Waals surface area (Å²) in [4.78, 5) is 11.4. The second-order valence-electron chi connectivity index (χ2n) is 4.93. The Labute approximate surface area is 115 Å². The van der Waals surface area contributed by atoms with Crippen LogP contribution < -0.4 is 0 Å². The Morgan fingerprint density at radius 2 is 2.00 bits per heavy atom. The van der Waals surface area contributed by atoms with E-state index in [-0.39, 0.29) is 12.4 Å². The summed E-state index contributed by atoms with van der Waals surface area (Å²) >= 11 is 0. The molecule has 5 atom stereocenters. The Balaban J connectivity index is 1.84. The molecule has 0 bridgehead atoms. The zero-order chi connectivity index (χ0) is 14.1. The Morgan fingerprint density at radius 1 is 1.25 bits per heavy atom. The zero-order valence-corrected chi connectivity index (χ0v) is 10.7. The minimum atomic E-state index is -1.12. The van der Waals surface area contributed by atoms with E-state index in [4.69, 9.17) is 19.3 Å². The molecule has 2 saturated heterocycles. The Kier molecular flexibility index (Phi) is 3.71. The quantitative estimate of drug-likeness (QED) is 0.766. The number of hydrogen-bond acceptors (Lipinski definition) is 6. The van der Waals surface area contributed by atoms with Crippen LogP contribution in [-0.2, 0) is 19.0 Å². The smallest absolute Gasteiger partial charge is 0.309 e. The van der Waals surface area contributed by atoms with E-state index in [0.717, 1.165) is 5.56 Å². The fourth-order valence-corrected chi connectivity index (χ4v) is 2.55. The van der Waals surface area contributed by atoms with Crippen molar-refractivity contribution in [2.45, 2.75) is 37.1 Å². The van der Waals surface area contributed by atoms with Gasteiger partial charge in [0.15, 0.2) is 12.4 Å². The molecule has 0 aliphatic carbocycles. The summed E-state index contributed by atoms with van der Waals surface area (Å²) < 4.78 is 16.5. The highest BCUT2D eigenvalue weighted by Gasteiger charge is 2.50. The first-order valence-electron chi connectivity index (χ1n) is 6.53. The van der Waals surface area contributed by atoms with Gasteiger partial charge in [-0.25, -0.2) is 0 Å². The van der Waals surface area contributed by atoms with Crippen molar-refractivity contribution in [1.82, 2.24) is 0 Å². The SMILES string of the molecule is O=C1C[C@@H]2OC(c3ccccc3)O[C@H]([C@H](O)CO)[C@@H]2O1.